The SMILES string of the molecule is COC1OC(C(=O)O)C(OC2OC(C(=O)O)C(OC3OC(C(=O)O)C(OC4OC(C(=O)O)C(OC5OC(C(=O)O)C(OC)C(O)C5O)C(O)C4O)C(O)C3O)C(O)C2O)C(O)C1O. The summed E-state index contributed by atoms with van der Waals surface area (Å²) in [5.74, 6) is -9.56. The monoisotopic (exact) mass is 926 g/mol. The van der Waals surface area contributed by atoms with Crippen LogP contribution in [0.15, 0.2) is 0 Å². The number of carbonyl (C=O) groups is 5. The van der Waals surface area contributed by atoms with Gasteiger partial charge in [0.15, 0.2) is 62.0 Å². The quantitative estimate of drug-likeness (QED) is 0.0725. The Morgan fingerprint density at radius 3 is 0.698 bits per heavy atom. The molecular formula is C32H46O31. The van der Waals surface area contributed by atoms with Crippen LogP contribution in [0.25, 0.3) is 0 Å². The van der Waals surface area contributed by atoms with Crippen molar-refractivity contribution in [3.63, 3.8) is 0 Å². The summed E-state index contributed by atoms with van der Waals surface area (Å²) in [6, 6.07) is 0. The van der Waals surface area contributed by atoms with E-state index in [1.807, 2.05) is 0 Å². The fraction of sp³-hybridized carbons (Fsp3) is 0.844. The van der Waals surface area contributed by atoms with Crippen LogP contribution in [0.1, 0.15) is 0 Å². The summed E-state index contributed by atoms with van der Waals surface area (Å²) in [6.45, 7) is 0. The maximum absolute atomic E-state index is 12.4. The first-order chi connectivity index (χ1) is 29.5. The third-order valence-corrected chi connectivity index (χ3v) is 10.6. The van der Waals surface area contributed by atoms with Gasteiger partial charge in [-0.2, -0.15) is 0 Å². The molecule has 31 nitrogen and oxygen atoms in total. The standard InChI is InChI=1S/C32H46O31/c1-53-13-3(33)9(39)29(60-18(13)23(43)44)56-15-5(35)11(41)31(62-20(15)25(47)48)58-17-7(37)12(42)32(63-22(17)27(51)52)57-16-6(36)10(40)30(61-21(16)26(49)50)55-14-4(34)8(38)28(54-2)59-19(14)24(45)46/h3-22,28-42H,1-2H3,(H,43,44)(H,45,46)(H,47,48)(H,49,50)(H,51,52). The number of aliphatic carboxylic acids is 5. The molecule has 25 atom stereocenters. The smallest absolute Gasteiger partial charge is 0.335 e. The Morgan fingerprint density at radius 1 is 0.302 bits per heavy atom. The van der Waals surface area contributed by atoms with Crippen molar-refractivity contribution in [3.8, 4) is 0 Å². The molecule has 0 aromatic rings. The average molecular weight is 927 g/mol. The van der Waals surface area contributed by atoms with Crippen LogP contribution in [0.2, 0.25) is 0 Å². The largest absolute Gasteiger partial charge is 0.479 e. The van der Waals surface area contributed by atoms with E-state index >= 15 is 0 Å². The number of carboxylic acids is 5. The Kier molecular flexibility index (Phi) is 16.3. The average Bonchev–Trinajstić information content (AvgIpc) is 3.22. The first-order valence-electron chi connectivity index (χ1n) is 18.4. The number of ether oxygens (including phenoxy) is 11. The molecule has 360 valence electrons. The van der Waals surface area contributed by atoms with E-state index in [9.17, 15) is 101 Å². The minimum Gasteiger partial charge on any atom is -0.479 e. The highest BCUT2D eigenvalue weighted by Gasteiger charge is 2.59. The van der Waals surface area contributed by atoms with Gasteiger partial charge >= 0.3 is 29.8 Å². The topological polar surface area (TPSA) is 490 Å². The molecule has 0 saturated carbocycles. The summed E-state index contributed by atoms with van der Waals surface area (Å²) < 4.78 is 56.6. The molecule has 15 N–H and O–H groups in total. The number of hydrogen-bond donors (Lipinski definition) is 15. The van der Waals surface area contributed by atoms with Crippen LogP contribution in [0, 0.1) is 0 Å². The third-order valence-electron chi connectivity index (χ3n) is 10.6. The maximum atomic E-state index is 12.4. The molecule has 5 rings (SSSR count). The minimum atomic E-state index is -2.54. The predicted octanol–water partition coefficient (Wildman–Crippen LogP) is -10.2. The summed E-state index contributed by atoms with van der Waals surface area (Å²) in [5.41, 5.74) is 0. The molecule has 25 unspecified atom stereocenters. The zero-order valence-corrected chi connectivity index (χ0v) is 32.2. The molecule has 0 aromatic carbocycles. The van der Waals surface area contributed by atoms with Crippen molar-refractivity contribution in [3.05, 3.63) is 0 Å². The van der Waals surface area contributed by atoms with Crippen molar-refractivity contribution in [2.45, 2.75) is 154 Å². The van der Waals surface area contributed by atoms with Crippen LogP contribution < -0.4 is 0 Å². The van der Waals surface area contributed by atoms with Gasteiger partial charge in [0.1, 0.15) is 91.6 Å². The van der Waals surface area contributed by atoms with Gasteiger partial charge in [-0.3, -0.25) is 0 Å². The second kappa shape index (κ2) is 20.4. The number of hydrogen-bond acceptors (Lipinski definition) is 26. The summed E-state index contributed by atoms with van der Waals surface area (Å²) in [6.07, 6.45) is -56.8. The number of aliphatic hydroxyl groups is 10. The Labute approximate surface area is 350 Å². The van der Waals surface area contributed by atoms with Crippen LogP contribution in [0.4, 0.5) is 0 Å². The maximum Gasteiger partial charge on any atom is 0.335 e. The van der Waals surface area contributed by atoms with Crippen molar-refractivity contribution >= 4 is 29.8 Å². The van der Waals surface area contributed by atoms with Gasteiger partial charge in [-0.25, -0.2) is 24.0 Å². The molecule has 5 aliphatic rings. The van der Waals surface area contributed by atoms with Crippen LogP contribution in [0.5, 0.6) is 0 Å². The molecule has 5 heterocycles. The van der Waals surface area contributed by atoms with Crippen LogP contribution >= 0.6 is 0 Å². The lowest BCUT2D eigenvalue weighted by molar-refractivity contribution is -0.383. The van der Waals surface area contributed by atoms with Crippen molar-refractivity contribution in [2.24, 2.45) is 0 Å². The summed E-state index contributed by atoms with van der Waals surface area (Å²) in [4.78, 5) is 60.6. The normalized spacial score (nSPS) is 48.2. The minimum absolute atomic E-state index is 0.976. The van der Waals surface area contributed by atoms with E-state index in [1.165, 1.54) is 0 Å². The molecule has 0 aromatic heterocycles. The van der Waals surface area contributed by atoms with Crippen LogP contribution in [-0.4, -0.2) is 274 Å². The van der Waals surface area contributed by atoms with Gasteiger partial charge in [0.2, 0.25) is 0 Å². The van der Waals surface area contributed by atoms with Gasteiger partial charge in [-0.05, 0) is 0 Å². The molecule has 0 aliphatic carbocycles. The van der Waals surface area contributed by atoms with E-state index in [0.717, 1.165) is 14.2 Å². The molecule has 0 bridgehead atoms. The van der Waals surface area contributed by atoms with E-state index in [4.69, 9.17) is 52.1 Å². The fourth-order valence-corrected chi connectivity index (χ4v) is 7.31. The van der Waals surface area contributed by atoms with Gasteiger partial charge < -0.3 is 129 Å². The van der Waals surface area contributed by atoms with Crippen molar-refractivity contribution in [1.29, 1.82) is 0 Å². The Morgan fingerprint density at radius 2 is 0.492 bits per heavy atom. The van der Waals surface area contributed by atoms with Crippen LogP contribution in [-0.2, 0) is 76.1 Å². The molecule has 0 radical (unpaired) electrons. The highest BCUT2D eigenvalue weighted by atomic mass is 16.8. The zero-order chi connectivity index (χ0) is 47.1. The van der Waals surface area contributed by atoms with Crippen molar-refractivity contribution < 1.29 is 153 Å². The van der Waals surface area contributed by atoms with E-state index in [1.54, 1.807) is 0 Å². The van der Waals surface area contributed by atoms with Gasteiger partial charge in [-0.15, -0.1) is 0 Å². The molecule has 31 heteroatoms. The first-order valence-corrected chi connectivity index (χ1v) is 18.4. The van der Waals surface area contributed by atoms with Gasteiger partial charge in [0.25, 0.3) is 0 Å². The molecule has 0 amide bonds. The second-order valence-corrected chi connectivity index (χ2v) is 14.6. The number of methoxy groups -OCH3 is 2. The Bertz CT molecular complexity index is 1630. The van der Waals surface area contributed by atoms with E-state index < -0.39 is 183 Å². The molecule has 0 spiro atoms. The van der Waals surface area contributed by atoms with Gasteiger partial charge in [-0.1, -0.05) is 0 Å². The van der Waals surface area contributed by atoms with E-state index in [-0.39, 0.29) is 0 Å². The van der Waals surface area contributed by atoms with Crippen LogP contribution in [0.3, 0.4) is 0 Å². The van der Waals surface area contributed by atoms with E-state index in [2.05, 4.69) is 0 Å². The molecule has 5 fully saturated rings. The molecular weight excluding hydrogens is 880 g/mol. The number of rotatable bonds is 15. The predicted molar refractivity (Wildman–Crippen MR) is 179 cm³/mol. The van der Waals surface area contributed by atoms with Crippen molar-refractivity contribution in [2.75, 3.05) is 14.2 Å². The third kappa shape index (κ3) is 10.0. The Balaban J connectivity index is 1.30. The van der Waals surface area contributed by atoms with Crippen molar-refractivity contribution in [1.82, 2.24) is 0 Å². The molecule has 63 heavy (non-hydrogen) atoms. The fourth-order valence-electron chi connectivity index (χ4n) is 7.31. The Hall–Kier alpha value is -3.49. The summed E-state index contributed by atoms with van der Waals surface area (Å²) in [5, 5.41) is 156. The van der Waals surface area contributed by atoms with Gasteiger partial charge in [0, 0.05) is 14.2 Å². The zero-order valence-electron chi connectivity index (χ0n) is 32.2. The summed E-state index contributed by atoms with van der Waals surface area (Å²) >= 11 is 0. The molecule has 5 aliphatic heterocycles. The number of aliphatic hydroxyl groups excluding tert-OH is 10. The van der Waals surface area contributed by atoms with E-state index in [0.29, 0.717) is 0 Å². The number of carboxylic acid groups (broad SMARTS) is 5. The lowest BCUT2D eigenvalue weighted by Crippen LogP contribution is -2.69. The highest BCUT2D eigenvalue weighted by Crippen LogP contribution is 2.36. The van der Waals surface area contributed by atoms with Gasteiger partial charge in [0.05, 0.1) is 0 Å². The lowest BCUT2D eigenvalue weighted by Gasteiger charge is -2.48. The summed E-state index contributed by atoms with van der Waals surface area (Å²) in [7, 11) is 1.98. The highest BCUT2D eigenvalue weighted by molar-refractivity contribution is 5.75. The first kappa shape index (κ1) is 50.5. The second-order valence-electron chi connectivity index (χ2n) is 14.6. The lowest BCUT2D eigenvalue weighted by atomic mass is 9.95. The molecule has 5 saturated heterocycles.